The number of aliphatic hydroxyl groups excluding tert-OH is 1. The van der Waals surface area contributed by atoms with E-state index in [0.29, 0.717) is 0 Å². The van der Waals surface area contributed by atoms with Gasteiger partial charge in [-0.25, -0.2) is 4.79 Å². The van der Waals surface area contributed by atoms with Crippen molar-refractivity contribution in [2.75, 3.05) is 6.54 Å². The van der Waals surface area contributed by atoms with Gasteiger partial charge in [-0.1, -0.05) is 13.8 Å². The molecule has 0 heterocycles. The Morgan fingerprint density at radius 1 is 0.906 bits per heavy atom. The average Bonchev–Trinajstić information content (AvgIpc) is 2.66. The molecule has 0 aliphatic rings. The number of carboxylic acid groups (broad SMARTS) is 1. The van der Waals surface area contributed by atoms with E-state index < -0.39 is 54.0 Å². The van der Waals surface area contributed by atoms with E-state index in [1.54, 1.807) is 0 Å². The van der Waals surface area contributed by atoms with Crippen molar-refractivity contribution in [1.29, 1.82) is 0 Å². The third kappa shape index (κ3) is 11.5. The van der Waals surface area contributed by atoms with Crippen LogP contribution in [-0.4, -0.2) is 76.7 Å². The van der Waals surface area contributed by atoms with Crippen LogP contribution in [0.2, 0.25) is 0 Å². The maximum atomic E-state index is 12.7. The zero-order valence-electron chi connectivity index (χ0n) is 19.0. The topological polar surface area (TPSA) is 235 Å². The Hall–Kier alpha value is -2.93. The van der Waals surface area contributed by atoms with Gasteiger partial charge in [-0.15, -0.1) is 0 Å². The van der Waals surface area contributed by atoms with E-state index in [2.05, 4.69) is 20.9 Å². The van der Waals surface area contributed by atoms with Crippen molar-refractivity contribution in [1.82, 2.24) is 16.0 Å². The first-order valence-corrected chi connectivity index (χ1v) is 10.4. The van der Waals surface area contributed by atoms with Gasteiger partial charge >= 0.3 is 5.97 Å². The summed E-state index contributed by atoms with van der Waals surface area (Å²) in [4.78, 5) is 52.5. The van der Waals surface area contributed by atoms with Crippen molar-refractivity contribution < 1.29 is 29.4 Å². The highest BCUT2D eigenvalue weighted by molar-refractivity contribution is 5.94. The highest BCUT2D eigenvalue weighted by Crippen LogP contribution is 2.07. The van der Waals surface area contributed by atoms with Gasteiger partial charge in [0.25, 0.3) is 0 Å². The molecular weight excluding hydrogens is 422 g/mol. The van der Waals surface area contributed by atoms with Crippen molar-refractivity contribution in [2.45, 2.75) is 77.2 Å². The predicted octanol–water partition coefficient (Wildman–Crippen LogP) is -2.65. The molecule has 11 N–H and O–H groups in total. The number of aliphatic hydroxyl groups is 1. The molecule has 0 fully saturated rings. The molecule has 184 valence electrons. The zero-order chi connectivity index (χ0) is 25.0. The Labute approximate surface area is 187 Å². The van der Waals surface area contributed by atoms with E-state index in [9.17, 15) is 29.4 Å². The van der Waals surface area contributed by atoms with Crippen molar-refractivity contribution in [3.63, 3.8) is 0 Å². The van der Waals surface area contributed by atoms with Crippen molar-refractivity contribution in [3.8, 4) is 0 Å². The third-order valence-electron chi connectivity index (χ3n) is 4.38. The smallest absolute Gasteiger partial charge is 0.326 e. The number of carbonyl (C=O) groups excluding carboxylic acids is 3. The first-order valence-electron chi connectivity index (χ1n) is 10.4. The third-order valence-corrected chi connectivity index (χ3v) is 4.38. The van der Waals surface area contributed by atoms with Gasteiger partial charge in [0.2, 0.25) is 17.7 Å². The van der Waals surface area contributed by atoms with Gasteiger partial charge in [-0.2, -0.15) is 0 Å². The van der Waals surface area contributed by atoms with Crippen molar-refractivity contribution in [3.05, 3.63) is 0 Å². The molecule has 0 radical (unpaired) electrons. The Kier molecular flexibility index (Phi) is 12.9. The highest BCUT2D eigenvalue weighted by atomic mass is 16.4. The Bertz CT molecular complexity index is 677. The summed E-state index contributed by atoms with van der Waals surface area (Å²) in [5, 5.41) is 26.6. The molecule has 0 aliphatic heterocycles. The highest BCUT2D eigenvalue weighted by Gasteiger charge is 2.32. The largest absolute Gasteiger partial charge is 0.480 e. The van der Waals surface area contributed by atoms with Crippen LogP contribution in [0, 0.1) is 5.92 Å². The molecular formula is C19H37N7O6. The molecule has 0 saturated carbocycles. The number of hydrogen-bond donors (Lipinski definition) is 8. The van der Waals surface area contributed by atoms with Gasteiger partial charge in [0.1, 0.15) is 18.1 Å². The fourth-order valence-electron chi connectivity index (χ4n) is 2.69. The molecule has 13 heteroatoms. The van der Waals surface area contributed by atoms with E-state index in [-0.39, 0.29) is 37.7 Å². The normalized spacial score (nSPS) is 15.6. The lowest BCUT2D eigenvalue weighted by Gasteiger charge is -2.27. The summed E-state index contributed by atoms with van der Waals surface area (Å²) in [6.07, 6.45) is -0.765. The summed E-state index contributed by atoms with van der Waals surface area (Å²) in [6.45, 7) is 6.60. The lowest BCUT2D eigenvalue weighted by Crippen LogP contribution is -2.59. The Morgan fingerprint density at radius 3 is 1.91 bits per heavy atom. The number of hydrogen-bond acceptors (Lipinski definition) is 7. The van der Waals surface area contributed by atoms with Crippen LogP contribution in [0.1, 0.15) is 47.0 Å². The number of aliphatic carboxylic acids is 1. The quantitative estimate of drug-likeness (QED) is 0.0768. The molecule has 3 amide bonds. The van der Waals surface area contributed by atoms with Crippen molar-refractivity contribution in [2.24, 2.45) is 28.1 Å². The monoisotopic (exact) mass is 459 g/mol. The SMILES string of the molecule is CC(C)CC(NC(=O)C(C)N)C(=O)NC(C(=O)NC(CCCN=C(N)N)C(=O)O)C(C)O. The maximum absolute atomic E-state index is 12.7. The van der Waals surface area contributed by atoms with Gasteiger partial charge in [0, 0.05) is 6.54 Å². The summed E-state index contributed by atoms with van der Waals surface area (Å²) < 4.78 is 0. The first kappa shape index (κ1) is 29.1. The second kappa shape index (κ2) is 14.2. The number of nitrogens with zero attached hydrogens (tertiary/aromatic N) is 1. The summed E-state index contributed by atoms with van der Waals surface area (Å²) in [7, 11) is 0. The molecule has 32 heavy (non-hydrogen) atoms. The molecule has 5 atom stereocenters. The molecule has 0 aromatic rings. The fraction of sp³-hybridized carbons (Fsp3) is 0.737. The van der Waals surface area contributed by atoms with Crippen molar-refractivity contribution >= 4 is 29.7 Å². The van der Waals surface area contributed by atoms with Gasteiger partial charge < -0.3 is 43.4 Å². The number of amides is 3. The number of nitrogens with one attached hydrogen (secondary N) is 3. The van der Waals surface area contributed by atoms with Crippen LogP contribution in [0.25, 0.3) is 0 Å². The molecule has 0 rings (SSSR count). The van der Waals surface area contributed by atoms with Gasteiger partial charge in [-0.3, -0.25) is 19.4 Å². The lowest BCUT2D eigenvalue weighted by atomic mass is 10.0. The van der Waals surface area contributed by atoms with Crippen LogP contribution in [0.4, 0.5) is 0 Å². The molecule has 0 aromatic carbocycles. The fourth-order valence-corrected chi connectivity index (χ4v) is 2.69. The molecule has 0 aromatic heterocycles. The molecule has 5 unspecified atom stereocenters. The lowest BCUT2D eigenvalue weighted by molar-refractivity contribution is -0.143. The number of aliphatic imine (C=N–C) groups is 1. The summed E-state index contributed by atoms with van der Waals surface area (Å²) in [5.74, 6) is -3.53. The van der Waals surface area contributed by atoms with E-state index in [1.807, 2.05) is 13.8 Å². The Morgan fingerprint density at radius 2 is 1.47 bits per heavy atom. The summed E-state index contributed by atoms with van der Waals surface area (Å²) in [5.41, 5.74) is 16.0. The maximum Gasteiger partial charge on any atom is 0.326 e. The molecule has 0 saturated heterocycles. The minimum atomic E-state index is -1.44. The number of carboxylic acids is 1. The first-order chi connectivity index (χ1) is 14.8. The van der Waals surface area contributed by atoms with Crippen LogP contribution in [0.3, 0.4) is 0 Å². The molecule has 13 nitrogen and oxygen atoms in total. The number of carbonyl (C=O) groups is 4. The number of nitrogens with two attached hydrogens (primary N) is 3. The predicted molar refractivity (Wildman–Crippen MR) is 118 cm³/mol. The number of rotatable bonds is 14. The average molecular weight is 460 g/mol. The molecule has 0 bridgehead atoms. The zero-order valence-corrected chi connectivity index (χ0v) is 19.0. The van der Waals surface area contributed by atoms with Crippen LogP contribution in [0.15, 0.2) is 4.99 Å². The second-order valence-corrected chi connectivity index (χ2v) is 8.05. The molecule has 0 aliphatic carbocycles. The molecule has 0 spiro atoms. The van der Waals surface area contributed by atoms with Crippen LogP contribution >= 0.6 is 0 Å². The van der Waals surface area contributed by atoms with Crippen LogP contribution < -0.4 is 33.2 Å². The van der Waals surface area contributed by atoms with Crippen LogP contribution in [-0.2, 0) is 19.2 Å². The summed E-state index contributed by atoms with van der Waals surface area (Å²) in [6, 6.07) is -4.55. The Balaban J connectivity index is 5.28. The minimum Gasteiger partial charge on any atom is -0.480 e. The standard InChI is InChI=1S/C19H37N7O6/c1-9(2)8-13(25-15(28)10(3)20)16(29)26-14(11(4)27)17(30)24-12(18(31)32)6-5-7-23-19(21)22/h9-14,27H,5-8,20H2,1-4H3,(H,24,30)(H,25,28)(H,26,29)(H,31,32)(H4,21,22,23). The van der Waals surface area contributed by atoms with E-state index in [0.717, 1.165) is 0 Å². The summed E-state index contributed by atoms with van der Waals surface area (Å²) >= 11 is 0. The van der Waals surface area contributed by atoms with E-state index >= 15 is 0 Å². The van der Waals surface area contributed by atoms with E-state index in [4.69, 9.17) is 17.2 Å². The van der Waals surface area contributed by atoms with Crippen LogP contribution in [0.5, 0.6) is 0 Å². The minimum absolute atomic E-state index is 0.0265. The number of guanidine groups is 1. The van der Waals surface area contributed by atoms with Gasteiger partial charge in [-0.05, 0) is 39.0 Å². The van der Waals surface area contributed by atoms with Gasteiger partial charge in [0.15, 0.2) is 5.96 Å². The second-order valence-electron chi connectivity index (χ2n) is 8.05. The van der Waals surface area contributed by atoms with Gasteiger partial charge in [0.05, 0.1) is 12.1 Å². The van der Waals surface area contributed by atoms with E-state index in [1.165, 1.54) is 13.8 Å².